The lowest BCUT2D eigenvalue weighted by molar-refractivity contribution is -0.148. The van der Waals surface area contributed by atoms with E-state index >= 15 is 0 Å². The van der Waals surface area contributed by atoms with Gasteiger partial charge in [-0.25, -0.2) is 4.39 Å². The number of carbonyl (C=O) groups excluding carboxylic acids is 2. The van der Waals surface area contributed by atoms with Crippen LogP contribution in [0, 0.1) is 11.7 Å². The number of amides is 2. The Labute approximate surface area is 118 Å². The molecule has 0 aliphatic carbocycles. The molecular weight excluding hydrogens is 259 g/mol. The average molecular weight is 278 g/mol. The third-order valence-corrected chi connectivity index (χ3v) is 3.82. The van der Waals surface area contributed by atoms with Crippen molar-refractivity contribution in [2.45, 2.75) is 32.9 Å². The minimum atomic E-state index is -0.527. The Kier molecular flexibility index (Phi) is 4.37. The van der Waals surface area contributed by atoms with Crippen molar-refractivity contribution in [2.75, 3.05) is 6.54 Å². The first-order valence-corrected chi connectivity index (χ1v) is 6.85. The molecule has 0 saturated carbocycles. The lowest BCUT2D eigenvalue weighted by Gasteiger charge is -2.38. The number of piperazine rings is 1. The predicted molar refractivity (Wildman–Crippen MR) is 73.2 cm³/mol. The van der Waals surface area contributed by atoms with Crippen molar-refractivity contribution in [3.63, 3.8) is 0 Å². The van der Waals surface area contributed by atoms with Crippen LogP contribution < -0.4 is 5.32 Å². The van der Waals surface area contributed by atoms with Crippen LogP contribution in [0.15, 0.2) is 24.3 Å². The van der Waals surface area contributed by atoms with Crippen molar-refractivity contribution in [3.05, 3.63) is 35.6 Å². The molecule has 108 valence electrons. The highest BCUT2D eigenvalue weighted by Crippen LogP contribution is 2.21. The molecule has 1 aliphatic rings. The van der Waals surface area contributed by atoms with Crippen molar-refractivity contribution in [1.82, 2.24) is 10.2 Å². The first-order valence-electron chi connectivity index (χ1n) is 6.85. The summed E-state index contributed by atoms with van der Waals surface area (Å²) >= 11 is 0. The van der Waals surface area contributed by atoms with Crippen molar-refractivity contribution >= 4 is 11.8 Å². The van der Waals surface area contributed by atoms with E-state index in [1.54, 1.807) is 18.2 Å². The summed E-state index contributed by atoms with van der Waals surface area (Å²) in [6.45, 7) is 4.02. The fourth-order valence-electron chi connectivity index (χ4n) is 2.45. The molecule has 1 saturated heterocycles. The highest BCUT2D eigenvalue weighted by molar-refractivity contribution is 5.95. The Morgan fingerprint density at radius 3 is 2.75 bits per heavy atom. The molecule has 5 heteroatoms. The van der Waals surface area contributed by atoms with Crippen LogP contribution in [0.3, 0.4) is 0 Å². The maximum atomic E-state index is 13.7. The SMILES string of the molecule is CCC(C)C1C(=O)NCC(=O)N1Cc1ccccc1F. The number of nitrogens with one attached hydrogen (secondary N) is 1. The summed E-state index contributed by atoms with van der Waals surface area (Å²) in [4.78, 5) is 25.6. The van der Waals surface area contributed by atoms with E-state index in [2.05, 4.69) is 5.32 Å². The lowest BCUT2D eigenvalue weighted by atomic mass is 9.94. The van der Waals surface area contributed by atoms with Gasteiger partial charge in [-0.1, -0.05) is 38.5 Å². The molecule has 1 aromatic rings. The highest BCUT2D eigenvalue weighted by Gasteiger charge is 2.37. The number of rotatable bonds is 4. The Morgan fingerprint density at radius 2 is 2.10 bits per heavy atom. The van der Waals surface area contributed by atoms with E-state index in [0.717, 1.165) is 6.42 Å². The van der Waals surface area contributed by atoms with Gasteiger partial charge in [0.15, 0.2) is 0 Å². The van der Waals surface area contributed by atoms with Gasteiger partial charge in [-0.2, -0.15) is 0 Å². The predicted octanol–water partition coefficient (Wildman–Crippen LogP) is 1.70. The van der Waals surface area contributed by atoms with Gasteiger partial charge in [0.1, 0.15) is 11.9 Å². The van der Waals surface area contributed by atoms with Gasteiger partial charge in [-0.3, -0.25) is 9.59 Å². The fraction of sp³-hybridized carbons (Fsp3) is 0.467. The van der Waals surface area contributed by atoms with Crippen LogP contribution in [0.25, 0.3) is 0 Å². The molecule has 1 heterocycles. The molecule has 2 amide bonds. The van der Waals surface area contributed by atoms with Crippen molar-refractivity contribution in [3.8, 4) is 0 Å². The number of benzene rings is 1. The topological polar surface area (TPSA) is 49.4 Å². The molecule has 0 bridgehead atoms. The van der Waals surface area contributed by atoms with E-state index < -0.39 is 6.04 Å². The van der Waals surface area contributed by atoms with Crippen LogP contribution in [0.5, 0.6) is 0 Å². The molecule has 1 fully saturated rings. The number of hydrogen-bond acceptors (Lipinski definition) is 2. The van der Waals surface area contributed by atoms with E-state index in [9.17, 15) is 14.0 Å². The second-order valence-corrected chi connectivity index (χ2v) is 5.16. The minimum Gasteiger partial charge on any atom is -0.345 e. The summed E-state index contributed by atoms with van der Waals surface area (Å²) in [7, 11) is 0. The molecule has 1 aromatic carbocycles. The smallest absolute Gasteiger partial charge is 0.243 e. The fourth-order valence-corrected chi connectivity index (χ4v) is 2.45. The molecule has 1 N–H and O–H groups in total. The third kappa shape index (κ3) is 2.81. The summed E-state index contributed by atoms with van der Waals surface area (Å²) in [5, 5.41) is 2.60. The number of halogens is 1. The summed E-state index contributed by atoms with van der Waals surface area (Å²) in [6.07, 6.45) is 0.777. The van der Waals surface area contributed by atoms with E-state index in [-0.39, 0.29) is 36.6 Å². The highest BCUT2D eigenvalue weighted by atomic mass is 19.1. The Hall–Kier alpha value is -1.91. The normalized spacial score (nSPS) is 20.8. The average Bonchev–Trinajstić information content (AvgIpc) is 2.44. The van der Waals surface area contributed by atoms with Gasteiger partial charge in [0.05, 0.1) is 6.54 Å². The van der Waals surface area contributed by atoms with Gasteiger partial charge < -0.3 is 10.2 Å². The molecule has 1 aliphatic heterocycles. The zero-order chi connectivity index (χ0) is 14.7. The molecule has 2 rings (SSSR count). The molecule has 0 radical (unpaired) electrons. The second kappa shape index (κ2) is 6.03. The molecule has 0 spiro atoms. The van der Waals surface area contributed by atoms with Crippen molar-refractivity contribution in [2.24, 2.45) is 5.92 Å². The molecule has 2 unspecified atom stereocenters. The number of hydrogen-bond donors (Lipinski definition) is 1. The van der Waals surface area contributed by atoms with Gasteiger partial charge in [0.2, 0.25) is 11.8 Å². The summed E-state index contributed by atoms with van der Waals surface area (Å²) in [6, 6.07) is 5.81. The van der Waals surface area contributed by atoms with Gasteiger partial charge in [-0.05, 0) is 12.0 Å². The number of carbonyl (C=O) groups is 2. The van der Waals surface area contributed by atoms with Crippen molar-refractivity contribution in [1.29, 1.82) is 0 Å². The molecular formula is C15H19FN2O2. The van der Waals surface area contributed by atoms with E-state index in [4.69, 9.17) is 0 Å². The molecule has 2 atom stereocenters. The maximum absolute atomic E-state index is 13.7. The minimum absolute atomic E-state index is 0.0137. The van der Waals surface area contributed by atoms with Crippen molar-refractivity contribution < 1.29 is 14.0 Å². The van der Waals surface area contributed by atoms with Crippen LogP contribution in [-0.2, 0) is 16.1 Å². The largest absolute Gasteiger partial charge is 0.345 e. The quantitative estimate of drug-likeness (QED) is 0.911. The zero-order valence-corrected chi connectivity index (χ0v) is 11.7. The Balaban J connectivity index is 2.27. The molecule has 4 nitrogen and oxygen atoms in total. The van der Waals surface area contributed by atoms with E-state index in [0.29, 0.717) is 5.56 Å². The van der Waals surface area contributed by atoms with Crippen LogP contribution in [0.2, 0.25) is 0 Å². The van der Waals surface area contributed by atoms with E-state index in [1.165, 1.54) is 11.0 Å². The van der Waals surface area contributed by atoms with Gasteiger partial charge in [0.25, 0.3) is 0 Å². The van der Waals surface area contributed by atoms with Crippen LogP contribution in [-0.4, -0.2) is 29.3 Å². The van der Waals surface area contributed by atoms with Crippen LogP contribution in [0.1, 0.15) is 25.8 Å². The standard InChI is InChI=1S/C15H19FN2O2/c1-3-10(2)14-15(20)17-8-13(19)18(14)9-11-6-4-5-7-12(11)16/h4-7,10,14H,3,8-9H2,1-2H3,(H,17,20). The van der Waals surface area contributed by atoms with Gasteiger partial charge >= 0.3 is 0 Å². The van der Waals surface area contributed by atoms with E-state index in [1.807, 2.05) is 13.8 Å². The summed E-state index contributed by atoms with van der Waals surface area (Å²) in [5.41, 5.74) is 0.434. The molecule has 20 heavy (non-hydrogen) atoms. The maximum Gasteiger partial charge on any atom is 0.243 e. The first-order chi connectivity index (χ1) is 9.54. The third-order valence-electron chi connectivity index (χ3n) is 3.82. The van der Waals surface area contributed by atoms with Gasteiger partial charge in [0, 0.05) is 12.1 Å². The lowest BCUT2D eigenvalue weighted by Crippen LogP contribution is -2.60. The summed E-state index contributed by atoms with van der Waals surface area (Å²) in [5.74, 6) is -0.645. The van der Waals surface area contributed by atoms with Crippen LogP contribution >= 0.6 is 0 Å². The Bertz CT molecular complexity index is 518. The van der Waals surface area contributed by atoms with Crippen LogP contribution in [0.4, 0.5) is 4.39 Å². The summed E-state index contributed by atoms with van der Waals surface area (Å²) < 4.78 is 13.7. The second-order valence-electron chi connectivity index (χ2n) is 5.16. The van der Waals surface area contributed by atoms with Gasteiger partial charge in [-0.15, -0.1) is 0 Å². The number of nitrogens with zero attached hydrogens (tertiary/aromatic N) is 1. The first kappa shape index (κ1) is 14.5. The molecule has 0 aromatic heterocycles. The monoisotopic (exact) mass is 278 g/mol. The Morgan fingerprint density at radius 1 is 1.40 bits per heavy atom. The zero-order valence-electron chi connectivity index (χ0n) is 11.7.